The maximum absolute atomic E-state index is 11.1. The summed E-state index contributed by atoms with van der Waals surface area (Å²) in [6.45, 7) is 1.12. The van der Waals surface area contributed by atoms with Crippen molar-refractivity contribution in [2.75, 3.05) is 12.4 Å². The lowest BCUT2D eigenvalue weighted by Crippen LogP contribution is -2.05. The molecule has 0 aliphatic carbocycles. The molecule has 0 aliphatic heterocycles. The van der Waals surface area contributed by atoms with E-state index in [9.17, 15) is 4.79 Å². The Hall–Kier alpha value is -2.04. The van der Waals surface area contributed by atoms with Gasteiger partial charge < -0.3 is 15.2 Å². The van der Waals surface area contributed by atoms with Gasteiger partial charge in [-0.2, -0.15) is 0 Å². The third-order valence-corrected chi connectivity index (χ3v) is 3.43. The molecule has 2 N–H and O–H groups in total. The number of anilines is 1. The number of rotatable bonds is 6. The molecule has 0 heterocycles. The average Bonchev–Trinajstić information content (AvgIpc) is 2.47. The van der Waals surface area contributed by atoms with E-state index < -0.39 is 5.97 Å². The number of hydrogen-bond acceptors (Lipinski definition) is 3. The highest BCUT2D eigenvalue weighted by atomic mass is 35.5. The molecule has 0 aliphatic rings. The van der Waals surface area contributed by atoms with Crippen molar-refractivity contribution >= 4 is 23.3 Å². The van der Waals surface area contributed by atoms with Crippen LogP contribution in [0, 0.1) is 0 Å². The number of ether oxygens (including phenoxy) is 1. The molecule has 0 unspecified atom stereocenters. The van der Waals surface area contributed by atoms with Crippen LogP contribution in [-0.2, 0) is 17.9 Å². The molecular formula is C16H16ClNO3. The van der Waals surface area contributed by atoms with Gasteiger partial charge in [0, 0.05) is 19.3 Å². The minimum absolute atomic E-state index is 0.0897. The smallest absolute Gasteiger partial charge is 0.337 e. The van der Waals surface area contributed by atoms with Crippen LogP contribution in [0.1, 0.15) is 21.5 Å². The summed E-state index contributed by atoms with van der Waals surface area (Å²) in [4.78, 5) is 11.1. The molecule has 0 bridgehead atoms. The third-order valence-electron chi connectivity index (χ3n) is 3.10. The van der Waals surface area contributed by atoms with Crippen LogP contribution in [0.5, 0.6) is 0 Å². The van der Waals surface area contributed by atoms with E-state index in [0.29, 0.717) is 18.8 Å². The van der Waals surface area contributed by atoms with E-state index in [-0.39, 0.29) is 10.6 Å². The molecule has 5 heteroatoms. The fourth-order valence-electron chi connectivity index (χ4n) is 2.02. The summed E-state index contributed by atoms with van der Waals surface area (Å²) in [5.74, 6) is -1.04. The topological polar surface area (TPSA) is 58.6 Å². The van der Waals surface area contributed by atoms with Crippen LogP contribution in [0.15, 0.2) is 42.5 Å². The van der Waals surface area contributed by atoms with Crippen molar-refractivity contribution in [3.05, 3.63) is 64.2 Å². The molecule has 0 radical (unpaired) electrons. The Bertz CT molecular complexity index is 643. The summed E-state index contributed by atoms with van der Waals surface area (Å²) in [5, 5.41) is 12.5. The van der Waals surface area contributed by atoms with Crippen LogP contribution in [0.25, 0.3) is 0 Å². The molecule has 0 saturated heterocycles. The minimum Gasteiger partial charge on any atom is -0.478 e. The van der Waals surface area contributed by atoms with Crippen molar-refractivity contribution in [3.63, 3.8) is 0 Å². The predicted molar refractivity (Wildman–Crippen MR) is 82.9 cm³/mol. The SMILES string of the molecule is COCc1ccccc1CNc1ccc(Cl)c(C(=O)O)c1. The summed E-state index contributed by atoms with van der Waals surface area (Å²) >= 11 is 5.85. The van der Waals surface area contributed by atoms with Gasteiger partial charge in [-0.25, -0.2) is 4.79 Å². The van der Waals surface area contributed by atoms with Gasteiger partial charge in [-0.15, -0.1) is 0 Å². The number of methoxy groups -OCH3 is 1. The van der Waals surface area contributed by atoms with Crippen LogP contribution in [0.2, 0.25) is 5.02 Å². The van der Waals surface area contributed by atoms with E-state index in [1.807, 2.05) is 24.3 Å². The Morgan fingerprint density at radius 2 is 1.95 bits per heavy atom. The zero-order chi connectivity index (χ0) is 15.2. The van der Waals surface area contributed by atoms with Gasteiger partial charge in [0.1, 0.15) is 0 Å². The summed E-state index contributed by atoms with van der Waals surface area (Å²) < 4.78 is 5.16. The van der Waals surface area contributed by atoms with Gasteiger partial charge in [-0.1, -0.05) is 35.9 Å². The number of hydrogen-bond donors (Lipinski definition) is 2. The molecule has 110 valence electrons. The van der Waals surface area contributed by atoms with Gasteiger partial charge in [0.25, 0.3) is 0 Å². The van der Waals surface area contributed by atoms with E-state index in [1.165, 1.54) is 6.07 Å². The van der Waals surface area contributed by atoms with Crippen molar-refractivity contribution in [2.24, 2.45) is 0 Å². The number of carboxylic acids is 1. The molecule has 21 heavy (non-hydrogen) atoms. The number of nitrogens with one attached hydrogen (secondary N) is 1. The van der Waals surface area contributed by atoms with E-state index in [1.54, 1.807) is 19.2 Å². The Morgan fingerprint density at radius 1 is 1.24 bits per heavy atom. The van der Waals surface area contributed by atoms with Crippen molar-refractivity contribution in [2.45, 2.75) is 13.2 Å². The second kappa shape index (κ2) is 7.11. The fourth-order valence-corrected chi connectivity index (χ4v) is 2.22. The largest absolute Gasteiger partial charge is 0.478 e. The maximum atomic E-state index is 11.1. The summed E-state index contributed by atoms with van der Waals surface area (Å²) in [6.07, 6.45) is 0. The first-order valence-electron chi connectivity index (χ1n) is 6.44. The lowest BCUT2D eigenvalue weighted by atomic mass is 10.1. The average molecular weight is 306 g/mol. The summed E-state index contributed by atoms with van der Waals surface area (Å²) in [6, 6.07) is 12.8. The van der Waals surface area contributed by atoms with Gasteiger partial charge in [0.05, 0.1) is 17.2 Å². The van der Waals surface area contributed by atoms with Gasteiger partial charge in [0.2, 0.25) is 0 Å². The quantitative estimate of drug-likeness (QED) is 0.852. The van der Waals surface area contributed by atoms with Crippen molar-refractivity contribution in [1.82, 2.24) is 0 Å². The standard InChI is InChI=1S/C16H16ClNO3/c1-21-10-12-5-3-2-4-11(12)9-18-13-6-7-15(17)14(8-13)16(19)20/h2-8,18H,9-10H2,1H3,(H,19,20). The normalized spacial score (nSPS) is 10.4. The summed E-state index contributed by atoms with van der Waals surface area (Å²) in [5.41, 5.74) is 3.00. The second-order valence-corrected chi connectivity index (χ2v) is 4.96. The van der Waals surface area contributed by atoms with Gasteiger partial charge in [-0.05, 0) is 29.3 Å². The molecule has 2 aromatic rings. The number of aromatic carboxylic acids is 1. The molecule has 0 saturated carbocycles. The van der Waals surface area contributed by atoms with Crippen molar-refractivity contribution in [3.8, 4) is 0 Å². The van der Waals surface area contributed by atoms with Gasteiger partial charge in [0.15, 0.2) is 0 Å². The number of benzene rings is 2. The first-order valence-corrected chi connectivity index (χ1v) is 6.82. The zero-order valence-electron chi connectivity index (χ0n) is 11.6. The van der Waals surface area contributed by atoms with E-state index in [0.717, 1.165) is 11.1 Å². The van der Waals surface area contributed by atoms with E-state index in [2.05, 4.69) is 5.32 Å². The molecular weight excluding hydrogens is 290 g/mol. The second-order valence-electron chi connectivity index (χ2n) is 4.56. The lowest BCUT2D eigenvalue weighted by molar-refractivity contribution is 0.0697. The van der Waals surface area contributed by atoms with Gasteiger partial charge >= 0.3 is 5.97 Å². The van der Waals surface area contributed by atoms with Crippen molar-refractivity contribution < 1.29 is 14.6 Å². The number of carbonyl (C=O) groups is 1. The van der Waals surface area contributed by atoms with Crippen LogP contribution in [0.3, 0.4) is 0 Å². The van der Waals surface area contributed by atoms with Gasteiger partial charge in [-0.3, -0.25) is 0 Å². The van der Waals surface area contributed by atoms with E-state index >= 15 is 0 Å². The molecule has 0 aromatic heterocycles. The monoisotopic (exact) mass is 305 g/mol. The highest BCUT2D eigenvalue weighted by Crippen LogP contribution is 2.21. The van der Waals surface area contributed by atoms with Crippen LogP contribution < -0.4 is 5.32 Å². The third kappa shape index (κ3) is 3.97. The Balaban J connectivity index is 2.13. The predicted octanol–water partition coefficient (Wildman–Crippen LogP) is 3.80. The molecule has 0 atom stereocenters. The molecule has 0 spiro atoms. The molecule has 2 rings (SSSR count). The Kier molecular flexibility index (Phi) is 5.20. The van der Waals surface area contributed by atoms with Crippen LogP contribution in [0.4, 0.5) is 5.69 Å². The molecule has 4 nitrogen and oxygen atoms in total. The molecule has 2 aromatic carbocycles. The van der Waals surface area contributed by atoms with Crippen molar-refractivity contribution in [1.29, 1.82) is 0 Å². The number of carboxylic acid groups (broad SMARTS) is 1. The first-order chi connectivity index (χ1) is 10.1. The number of halogens is 1. The lowest BCUT2D eigenvalue weighted by Gasteiger charge is -2.11. The van der Waals surface area contributed by atoms with Crippen LogP contribution in [-0.4, -0.2) is 18.2 Å². The highest BCUT2D eigenvalue weighted by molar-refractivity contribution is 6.33. The van der Waals surface area contributed by atoms with Crippen LogP contribution >= 0.6 is 11.6 Å². The van der Waals surface area contributed by atoms with E-state index in [4.69, 9.17) is 21.4 Å². The fraction of sp³-hybridized carbons (Fsp3) is 0.188. The minimum atomic E-state index is -1.04. The molecule has 0 fully saturated rings. The highest BCUT2D eigenvalue weighted by Gasteiger charge is 2.09. The maximum Gasteiger partial charge on any atom is 0.337 e. The first kappa shape index (κ1) is 15.4. The Labute approximate surface area is 128 Å². The zero-order valence-corrected chi connectivity index (χ0v) is 12.4. The molecule has 0 amide bonds. The Morgan fingerprint density at radius 3 is 2.62 bits per heavy atom. The summed E-state index contributed by atoms with van der Waals surface area (Å²) in [7, 11) is 1.66.